The van der Waals surface area contributed by atoms with Gasteiger partial charge in [-0.15, -0.1) is 0 Å². The lowest BCUT2D eigenvalue weighted by Gasteiger charge is -2.37. The molecule has 1 aliphatic heterocycles. The van der Waals surface area contributed by atoms with Gasteiger partial charge in [-0.05, 0) is 20.3 Å². The summed E-state index contributed by atoms with van der Waals surface area (Å²) in [5.41, 5.74) is -0.384. The van der Waals surface area contributed by atoms with E-state index in [2.05, 4.69) is 15.4 Å². The second kappa shape index (κ2) is 5.06. The van der Waals surface area contributed by atoms with Crippen molar-refractivity contribution in [3.63, 3.8) is 0 Å². The number of hydrogen-bond donors (Lipinski definition) is 1. The molecule has 0 bridgehead atoms. The molecule has 2 heterocycles. The van der Waals surface area contributed by atoms with Crippen LogP contribution in [0, 0.1) is 5.41 Å². The van der Waals surface area contributed by atoms with Gasteiger partial charge < -0.3 is 10.1 Å². The van der Waals surface area contributed by atoms with Crippen LogP contribution in [0.4, 0.5) is 0 Å². The number of ether oxygens (including phenoxy) is 1. The number of aromatic nitrogens is 3. The fourth-order valence-corrected chi connectivity index (χ4v) is 2.01. The largest absolute Gasteiger partial charge is 0.379 e. The van der Waals surface area contributed by atoms with Gasteiger partial charge >= 0.3 is 0 Å². The van der Waals surface area contributed by atoms with Crippen molar-refractivity contribution in [1.82, 2.24) is 20.1 Å². The van der Waals surface area contributed by atoms with Crippen LogP contribution in [0.3, 0.4) is 0 Å². The lowest BCUT2D eigenvalue weighted by molar-refractivity contribution is -0.158. The van der Waals surface area contributed by atoms with Gasteiger partial charge in [0.25, 0.3) is 0 Å². The fraction of sp³-hybridized carbons (Fsp3) is 0.750. The molecule has 100 valence electrons. The zero-order valence-corrected chi connectivity index (χ0v) is 11.1. The summed E-state index contributed by atoms with van der Waals surface area (Å²) in [7, 11) is 0. The average molecular weight is 252 g/mol. The summed E-state index contributed by atoms with van der Waals surface area (Å²) >= 11 is 0. The van der Waals surface area contributed by atoms with Gasteiger partial charge in [-0.2, -0.15) is 5.10 Å². The van der Waals surface area contributed by atoms with E-state index in [0.29, 0.717) is 13.2 Å². The van der Waals surface area contributed by atoms with Crippen LogP contribution in [0.5, 0.6) is 0 Å². The standard InChI is InChI=1S/C12H20N4O2/c1-4-9(10-13-8-14-16(10)5-2)15-11(17)12(3)6-18-7-12/h8-9H,4-7H2,1-3H3,(H,15,17)/t9-/m0/s1. The van der Waals surface area contributed by atoms with E-state index in [1.54, 1.807) is 0 Å². The third kappa shape index (κ3) is 2.25. The maximum Gasteiger partial charge on any atom is 0.231 e. The molecule has 6 heteroatoms. The summed E-state index contributed by atoms with van der Waals surface area (Å²) < 4.78 is 6.93. The smallest absolute Gasteiger partial charge is 0.231 e. The molecule has 1 amide bonds. The van der Waals surface area contributed by atoms with Crippen molar-refractivity contribution < 1.29 is 9.53 Å². The molecule has 1 atom stereocenters. The summed E-state index contributed by atoms with van der Waals surface area (Å²) in [6.07, 6.45) is 2.32. The summed E-state index contributed by atoms with van der Waals surface area (Å²) in [5, 5.41) is 7.18. The maximum absolute atomic E-state index is 12.2. The van der Waals surface area contributed by atoms with E-state index >= 15 is 0 Å². The number of aryl methyl sites for hydroxylation is 1. The number of rotatable bonds is 5. The van der Waals surface area contributed by atoms with Crippen LogP contribution < -0.4 is 5.32 Å². The number of carbonyl (C=O) groups is 1. The Labute approximate surface area is 107 Å². The number of amides is 1. The van der Waals surface area contributed by atoms with Crippen LogP contribution in [-0.4, -0.2) is 33.9 Å². The van der Waals surface area contributed by atoms with E-state index in [4.69, 9.17) is 4.74 Å². The molecule has 1 saturated heterocycles. The van der Waals surface area contributed by atoms with Crippen LogP contribution in [0.1, 0.15) is 39.1 Å². The Morgan fingerprint density at radius 3 is 2.83 bits per heavy atom. The zero-order valence-electron chi connectivity index (χ0n) is 11.1. The third-order valence-electron chi connectivity index (χ3n) is 3.36. The Kier molecular flexibility index (Phi) is 3.65. The monoisotopic (exact) mass is 252 g/mol. The third-order valence-corrected chi connectivity index (χ3v) is 3.36. The molecule has 2 rings (SSSR count). The van der Waals surface area contributed by atoms with Crippen LogP contribution in [0.2, 0.25) is 0 Å². The first-order valence-corrected chi connectivity index (χ1v) is 6.37. The van der Waals surface area contributed by atoms with Gasteiger partial charge in [-0.25, -0.2) is 9.67 Å². The Balaban J connectivity index is 2.08. The lowest BCUT2D eigenvalue weighted by Crippen LogP contribution is -2.52. The molecule has 1 fully saturated rings. The second-order valence-electron chi connectivity index (χ2n) is 4.92. The average Bonchev–Trinajstić information content (AvgIpc) is 2.80. The normalized spacial score (nSPS) is 19.1. The molecule has 18 heavy (non-hydrogen) atoms. The molecule has 0 aromatic carbocycles. The molecular formula is C12H20N4O2. The van der Waals surface area contributed by atoms with Gasteiger partial charge in [0.15, 0.2) is 0 Å². The Hall–Kier alpha value is -1.43. The Morgan fingerprint density at radius 2 is 2.33 bits per heavy atom. The van der Waals surface area contributed by atoms with E-state index in [-0.39, 0.29) is 17.4 Å². The molecule has 0 unspecified atom stereocenters. The number of nitrogens with one attached hydrogen (secondary N) is 1. The minimum absolute atomic E-state index is 0.0336. The molecule has 0 saturated carbocycles. The molecule has 0 aliphatic carbocycles. The van der Waals surface area contributed by atoms with E-state index in [9.17, 15) is 4.79 Å². The van der Waals surface area contributed by atoms with Crippen LogP contribution in [0.15, 0.2) is 6.33 Å². The van der Waals surface area contributed by atoms with E-state index in [1.807, 2.05) is 25.5 Å². The lowest BCUT2D eigenvalue weighted by atomic mass is 9.87. The van der Waals surface area contributed by atoms with Crippen molar-refractivity contribution >= 4 is 5.91 Å². The molecule has 1 aliphatic rings. The summed E-state index contributed by atoms with van der Waals surface area (Å²) in [5.74, 6) is 0.850. The highest BCUT2D eigenvalue weighted by Crippen LogP contribution is 2.28. The molecule has 6 nitrogen and oxygen atoms in total. The van der Waals surface area contributed by atoms with Crippen molar-refractivity contribution in [2.75, 3.05) is 13.2 Å². The number of nitrogens with zero attached hydrogens (tertiary/aromatic N) is 3. The van der Waals surface area contributed by atoms with Gasteiger partial charge in [0.2, 0.25) is 5.91 Å². The quantitative estimate of drug-likeness (QED) is 0.845. The van der Waals surface area contributed by atoms with E-state index < -0.39 is 0 Å². The van der Waals surface area contributed by atoms with Gasteiger partial charge in [0, 0.05) is 6.54 Å². The first-order valence-electron chi connectivity index (χ1n) is 6.37. The van der Waals surface area contributed by atoms with Crippen LogP contribution >= 0.6 is 0 Å². The molecular weight excluding hydrogens is 232 g/mol. The molecule has 0 radical (unpaired) electrons. The second-order valence-corrected chi connectivity index (χ2v) is 4.92. The maximum atomic E-state index is 12.2. The van der Waals surface area contributed by atoms with Gasteiger partial charge in [0.05, 0.1) is 24.7 Å². The predicted octanol–water partition coefficient (Wildman–Crippen LogP) is 0.902. The van der Waals surface area contributed by atoms with Crippen molar-refractivity contribution in [2.45, 2.75) is 39.8 Å². The van der Waals surface area contributed by atoms with Crippen LogP contribution in [0.25, 0.3) is 0 Å². The number of hydrogen-bond acceptors (Lipinski definition) is 4. The highest BCUT2D eigenvalue weighted by atomic mass is 16.5. The fourth-order valence-electron chi connectivity index (χ4n) is 2.01. The SMILES string of the molecule is CC[C@H](NC(=O)C1(C)COC1)c1ncnn1CC. The van der Waals surface area contributed by atoms with Crippen molar-refractivity contribution in [2.24, 2.45) is 5.41 Å². The van der Waals surface area contributed by atoms with E-state index in [1.165, 1.54) is 6.33 Å². The van der Waals surface area contributed by atoms with Crippen LogP contribution in [-0.2, 0) is 16.1 Å². The Bertz CT molecular complexity index is 425. The molecule has 1 N–H and O–H groups in total. The van der Waals surface area contributed by atoms with Gasteiger partial charge in [0.1, 0.15) is 12.2 Å². The number of carbonyl (C=O) groups excluding carboxylic acids is 1. The van der Waals surface area contributed by atoms with Gasteiger partial charge in [-0.3, -0.25) is 4.79 Å². The minimum atomic E-state index is -0.384. The van der Waals surface area contributed by atoms with Gasteiger partial charge in [-0.1, -0.05) is 6.92 Å². The first-order chi connectivity index (χ1) is 8.60. The highest BCUT2D eigenvalue weighted by Gasteiger charge is 2.42. The summed E-state index contributed by atoms with van der Waals surface area (Å²) in [6.45, 7) is 7.70. The van der Waals surface area contributed by atoms with Crippen molar-refractivity contribution in [1.29, 1.82) is 0 Å². The van der Waals surface area contributed by atoms with E-state index in [0.717, 1.165) is 18.8 Å². The molecule has 1 aromatic heterocycles. The summed E-state index contributed by atoms with van der Waals surface area (Å²) in [4.78, 5) is 16.4. The minimum Gasteiger partial charge on any atom is -0.379 e. The predicted molar refractivity (Wildman–Crippen MR) is 65.8 cm³/mol. The zero-order chi connectivity index (χ0) is 13.2. The van der Waals surface area contributed by atoms with Crippen molar-refractivity contribution in [3.05, 3.63) is 12.2 Å². The van der Waals surface area contributed by atoms with Crippen molar-refractivity contribution in [3.8, 4) is 0 Å². The Morgan fingerprint density at radius 1 is 1.61 bits per heavy atom. The molecule has 0 spiro atoms. The first kappa shape index (κ1) is 13.0. The topological polar surface area (TPSA) is 69.0 Å². The summed E-state index contributed by atoms with van der Waals surface area (Å²) in [6, 6.07) is -0.0858. The highest BCUT2D eigenvalue weighted by molar-refractivity contribution is 5.83. The molecule has 1 aromatic rings.